The van der Waals surface area contributed by atoms with Crippen molar-refractivity contribution in [3.05, 3.63) is 34.4 Å². The summed E-state index contributed by atoms with van der Waals surface area (Å²) in [6.07, 6.45) is 6.19. The number of phenolic OH excluding ortho intramolecular Hbond substituents is 1. The third kappa shape index (κ3) is 5.32. The van der Waals surface area contributed by atoms with Crippen LogP contribution in [0, 0.1) is 5.41 Å². The van der Waals surface area contributed by atoms with Gasteiger partial charge in [0.2, 0.25) is 0 Å². The predicted molar refractivity (Wildman–Crippen MR) is 127 cm³/mol. The Balaban J connectivity index is 2.62. The number of hydrogen-bond donors (Lipinski definition) is 1. The average molecular weight is 451 g/mol. The van der Waals surface area contributed by atoms with E-state index in [-0.39, 0.29) is 22.5 Å². The van der Waals surface area contributed by atoms with Crippen molar-refractivity contribution in [1.82, 2.24) is 0 Å². The van der Waals surface area contributed by atoms with Gasteiger partial charge in [-0.2, -0.15) is 0 Å². The van der Waals surface area contributed by atoms with E-state index in [0.717, 1.165) is 41.5 Å². The van der Waals surface area contributed by atoms with E-state index in [9.17, 15) is 14.5 Å². The molecule has 1 aromatic carbocycles. The quantitative estimate of drug-likeness (QED) is 0.390. The molecule has 6 heteroatoms. The Morgan fingerprint density at radius 1 is 1.19 bits per heavy atom. The molecule has 0 spiro atoms. The molecular formula is C25H39O5P. The van der Waals surface area contributed by atoms with Crippen LogP contribution in [0.25, 0.3) is 6.08 Å². The summed E-state index contributed by atoms with van der Waals surface area (Å²) in [6.45, 7) is 14.4. The lowest BCUT2D eigenvalue weighted by Crippen LogP contribution is -2.25. The molecule has 0 saturated heterocycles. The second-order valence-electron chi connectivity index (χ2n) is 10.6. The summed E-state index contributed by atoms with van der Waals surface area (Å²) in [5.74, 6) is 0.319. The molecule has 0 fully saturated rings. The van der Waals surface area contributed by atoms with Crippen LogP contribution in [0.5, 0.6) is 5.75 Å². The van der Waals surface area contributed by atoms with Crippen molar-refractivity contribution in [3.8, 4) is 5.75 Å². The summed E-state index contributed by atoms with van der Waals surface area (Å²) >= 11 is 0. The highest BCUT2D eigenvalue weighted by molar-refractivity contribution is 7.55. The maximum atomic E-state index is 12.8. The van der Waals surface area contributed by atoms with Crippen LogP contribution in [0.1, 0.15) is 89.5 Å². The summed E-state index contributed by atoms with van der Waals surface area (Å²) in [4.78, 5) is 12.8. The molecule has 174 valence electrons. The molecule has 1 aliphatic carbocycles. The fraction of sp³-hybridized carbons (Fsp3) is 0.640. The lowest BCUT2D eigenvalue weighted by molar-refractivity contribution is -0.114. The molecule has 5 nitrogen and oxygen atoms in total. The Morgan fingerprint density at radius 2 is 1.77 bits per heavy atom. The lowest BCUT2D eigenvalue weighted by atomic mass is 9.66. The number of fused-ring (bicyclic) bond motifs is 1. The zero-order chi connectivity index (χ0) is 23.8. The van der Waals surface area contributed by atoms with E-state index in [2.05, 4.69) is 41.5 Å². The first-order valence-corrected chi connectivity index (χ1v) is 12.6. The Bertz CT molecular complexity index is 894. The van der Waals surface area contributed by atoms with E-state index in [0.29, 0.717) is 5.75 Å². The molecule has 0 aromatic heterocycles. The van der Waals surface area contributed by atoms with Crippen LogP contribution in [-0.4, -0.2) is 30.8 Å². The molecule has 31 heavy (non-hydrogen) atoms. The number of allylic oxidation sites excluding steroid dienone is 1. The Kier molecular flexibility index (Phi) is 7.68. The number of rotatable bonds is 6. The monoisotopic (exact) mass is 450 g/mol. The van der Waals surface area contributed by atoms with Gasteiger partial charge in [0.05, 0.1) is 0 Å². The van der Waals surface area contributed by atoms with E-state index >= 15 is 0 Å². The fourth-order valence-electron chi connectivity index (χ4n) is 4.48. The van der Waals surface area contributed by atoms with Gasteiger partial charge >= 0.3 is 7.60 Å². The second-order valence-corrected chi connectivity index (χ2v) is 13.2. The Hall–Kier alpha value is -1.42. The molecule has 1 aliphatic rings. The van der Waals surface area contributed by atoms with Gasteiger partial charge in [-0.05, 0) is 66.2 Å². The van der Waals surface area contributed by atoms with Crippen LogP contribution >= 0.6 is 7.60 Å². The number of hydrogen-bond acceptors (Lipinski definition) is 5. The van der Waals surface area contributed by atoms with Crippen LogP contribution in [0.15, 0.2) is 12.1 Å². The zero-order valence-corrected chi connectivity index (χ0v) is 21.4. The molecule has 0 amide bonds. The largest absolute Gasteiger partial charge is 0.507 e. The van der Waals surface area contributed by atoms with Crippen molar-refractivity contribution in [2.45, 2.75) is 84.7 Å². The molecule has 0 heterocycles. The number of benzene rings is 1. The van der Waals surface area contributed by atoms with Crippen LogP contribution < -0.4 is 0 Å². The van der Waals surface area contributed by atoms with Gasteiger partial charge in [0.1, 0.15) is 11.4 Å². The maximum absolute atomic E-state index is 12.8. The number of carbonyl (C=O) groups is 1. The standard InChI is InChI=1S/C25H39O5P/c1-16(31(28,29-8)30-9)21(26)14-13-17-15-20(25(5,6)7)23(27)22-18(17)11-10-12-19(22)24(2,3)4/h13-16,19,27H,10-12H2,1-9H3/b14-13+. The van der Waals surface area contributed by atoms with E-state index < -0.39 is 13.3 Å². The number of phenols is 1. The van der Waals surface area contributed by atoms with Crippen LogP contribution in [0.4, 0.5) is 0 Å². The first kappa shape index (κ1) is 25.8. The number of ketones is 1. The highest BCUT2D eigenvalue weighted by Gasteiger charge is 2.37. The SMILES string of the molecule is COP(=O)(OC)C(C)C(=O)/C=C/c1cc(C(C)(C)C)c(O)c2c1CCCC2C(C)(C)C. The van der Waals surface area contributed by atoms with Crippen molar-refractivity contribution < 1.29 is 23.5 Å². The molecule has 1 N–H and O–H groups in total. The second kappa shape index (κ2) is 9.21. The first-order valence-electron chi connectivity index (χ1n) is 11.0. The number of aromatic hydroxyl groups is 1. The van der Waals surface area contributed by atoms with Crippen molar-refractivity contribution in [1.29, 1.82) is 0 Å². The first-order chi connectivity index (χ1) is 14.2. The van der Waals surface area contributed by atoms with Gasteiger partial charge in [0.25, 0.3) is 0 Å². The maximum Gasteiger partial charge on any atom is 0.340 e. The van der Waals surface area contributed by atoms with Crippen molar-refractivity contribution in [2.75, 3.05) is 14.2 Å². The average Bonchev–Trinajstić information content (AvgIpc) is 2.69. The van der Waals surface area contributed by atoms with Gasteiger partial charge in [-0.25, -0.2) is 0 Å². The minimum Gasteiger partial charge on any atom is -0.507 e. The van der Waals surface area contributed by atoms with Gasteiger partial charge in [-0.15, -0.1) is 0 Å². The smallest absolute Gasteiger partial charge is 0.340 e. The van der Waals surface area contributed by atoms with Gasteiger partial charge in [-0.1, -0.05) is 47.6 Å². The Morgan fingerprint density at radius 3 is 2.26 bits per heavy atom. The van der Waals surface area contributed by atoms with Crippen LogP contribution in [-0.2, 0) is 30.2 Å². The topological polar surface area (TPSA) is 72.8 Å². The van der Waals surface area contributed by atoms with E-state index in [1.807, 2.05) is 6.07 Å². The van der Waals surface area contributed by atoms with Crippen molar-refractivity contribution in [3.63, 3.8) is 0 Å². The summed E-state index contributed by atoms with van der Waals surface area (Å²) in [7, 11) is -0.913. The predicted octanol–water partition coefficient (Wildman–Crippen LogP) is 6.61. The zero-order valence-electron chi connectivity index (χ0n) is 20.5. The minimum atomic E-state index is -3.49. The fourth-order valence-corrected chi connectivity index (χ4v) is 5.66. The summed E-state index contributed by atoms with van der Waals surface area (Å²) in [5.41, 5.74) is 2.81. The normalized spacial score (nSPS) is 18.8. The van der Waals surface area contributed by atoms with E-state index in [4.69, 9.17) is 9.05 Å². The molecule has 2 rings (SSSR count). The lowest BCUT2D eigenvalue weighted by Gasteiger charge is -2.38. The summed E-state index contributed by atoms with van der Waals surface area (Å²) in [5, 5.41) is 11.3. The minimum absolute atomic E-state index is 0.0119. The third-order valence-corrected chi connectivity index (χ3v) is 8.65. The van der Waals surface area contributed by atoms with Gasteiger partial charge in [0, 0.05) is 25.3 Å². The molecular weight excluding hydrogens is 411 g/mol. The van der Waals surface area contributed by atoms with Crippen LogP contribution in [0.2, 0.25) is 0 Å². The highest BCUT2D eigenvalue weighted by Crippen LogP contribution is 2.52. The summed E-state index contributed by atoms with van der Waals surface area (Å²) in [6, 6.07) is 2.00. The van der Waals surface area contributed by atoms with Crippen molar-refractivity contribution in [2.24, 2.45) is 5.41 Å². The molecule has 0 saturated carbocycles. The Labute approximate surface area is 187 Å². The van der Waals surface area contributed by atoms with E-state index in [1.54, 1.807) is 13.0 Å². The third-order valence-electron chi connectivity index (χ3n) is 6.43. The number of carbonyl (C=O) groups excluding carboxylic acids is 1. The molecule has 0 radical (unpaired) electrons. The highest BCUT2D eigenvalue weighted by atomic mass is 31.2. The van der Waals surface area contributed by atoms with Gasteiger partial charge in [0.15, 0.2) is 5.78 Å². The van der Waals surface area contributed by atoms with E-state index in [1.165, 1.54) is 20.3 Å². The van der Waals surface area contributed by atoms with Crippen molar-refractivity contribution >= 4 is 19.5 Å². The van der Waals surface area contributed by atoms with Gasteiger partial charge < -0.3 is 14.2 Å². The summed E-state index contributed by atoms with van der Waals surface area (Å²) < 4.78 is 22.6. The molecule has 0 aliphatic heterocycles. The van der Waals surface area contributed by atoms with Crippen LogP contribution in [0.3, 0.4) is 0 Å². The molecule has 0 bridgehead atoms. The molecule has 2 unspecified atom stereocenters. The molecule has 1 aromatic rings. The molecule has 2 atom stereocenters. The van der Waals surface area contributed by atoms with Gasteiger partial charge in [-0.3, -0.25) is 9.36 Å².